The van der Waals surface area contributed by atoms with Gasteiger partial charge in [0, 0.05) is 11.9 Å². The van der Waals surface area contributed by atoms with Gasteiger partial charge in [0.15, 0.2) is 0 Å². The number of hydrogen-bond acceptors (Lipinski definition) is 3. The van der Waals surface area contributed by atoms with Crippen molar-refractivity contribution in [3.8, 4) is 11.4 Å². The molecular formula is C16H19N3. The molecule has 3 nitrogen and oxygen atoms in total. The van der Waals surface area contributed by atoms with Crippen LogP contribution in [0.4, 0.5) is 0 Å². The Hall–Kier alpha value is -2.03. The fraction of sp³-hybridized carbons (Fsp3) is 0.312. The number of aryl methyl sites for hydroxylation is 1. The smallest absolute Gasteiger partial charge is 0.0894 e. The van der Waals surface area contributed by atoms with Crippen LogP contribution in [0.15, 0.2) is 41.4 Å². The highest BCUT2D eigenvalue weighted by atomic mass is 14.8. The molecule has 0 saturated heterocycles. The van der Waals surface area contributed by atoms with Crippen molar-refractivity contribution in [2.24, 2.45) is 4.99 Å². The van der Waals surface area contributed by atoms with Gasteiger partial charge in [-0.15, -0.1) is 0 Å². The molecule has 0 spiro atoms. The first-order valence-electron chi connectivity index (χ1n) is 6.40. The molecule has 0 N–H and O–H groups in total. The Labute approximate surface area is 114 Å². The van der Waals surface area contributed by atoms with Crippen molar-refractivity contribution in [3.05, 3.63) is 47.8 Å². The Morgan fingerprint density at radius 2 is 1.58 bits per heavy atom. The molecule has 0 bridgehead atoms. The van der Waals surface area contributed by atoms with Crippen LogP contribution in [0.3, 0.4) is 0 Å². The molecule has 0 fully saturated rings. The summed E-state index contributed by atoms with van der Waals surface area (Å²) in [4.78, 5) is 13.5. The van der Waals surface area contributed by atoms with Gasteiger partial charge in [0.1, 0.15) is 0 Å². The number of aromatic nitrogens is 2. The summed E-state index contributed by atoms with van der Waals surface area (Å²) in [6.45, 7) is 8.18. The lowest BCUT2D eigenvalue weighted by Gasteiger charge is -2.10. The second-order valence-electron chi connectivity index (χ2n) is 5.54. The number of aliphatic imine (C=N–C) groups is 1. The SMILES string of the molecule is Cc1cccc(-c2cccc(C=NC(C)(C)C)n2)n1. The van der Waals surface area contributed by atoms with Gasteiger partial charge in [0.05, 0.1) is 22.6 Å². The van der Waals surface area contributed by atoms with Crippen LogP contribution in [0, 0.1) is 6.92 Å². The predicted octanol–water partition coefficient (Wildman–Crippen LogP) is 3.67. The molecule has 98 valence electrons. The molecule has 2 aromatic rings. The molecule has 0 aliphatic heterocycles. The van der Waals surface area contributed by atoms with E-state index in [2.05, 4.69) is 35.7 Å². The van der Waals surface area contributed by atoms with Crippen LogP contribution in [0.2, 0.25) is 0 Å². The quantitative estimate of drug-likeness (QED) is 0.766. The van der Waals surface area contributed by atoms with Gasteiger partial charge in [-0.2, -0.15) is 0 Å². The normalized spacial score (nSPS) is 12.0. The topological polar surface area (TPSA) is 38.1 Å². The first-order chi connectivity index (χ1) is 8.94. The second kappa shape index (κ2) is 5.31. The van der Waals surface area contributed by atoms with Gasteiger partial charge in [-0.1, -0.05) is 12.1 Å². The molecule has 2 aromatic heterocycles. The van der Waals surface area contributed by atoms with E-state index in [1.165, 1.54) is 0 Å². The Morgan fingerprint density at radius 1 is 0.947 bits per heavy atom. The highest BCUT2D eigenvalue weighted by Gasteiger charge is 2.06. The number of rotatable bonds is 2. The van der Waals surface area contributed by atoms with Crippen molar-refractivity contribution < 1.29 is 0 Å². The molecule has 0 aliphatic rings. The van der Waals surface area contributed by atoms with E-state index < -0.39 is 0 Å². The van der Waals surface area contributed by atoms with Crippen molar-refractivity contribution in [2.45, 2.75) is 33.2 Å². The third-order valence-corrected chi connectivity index (χ3v) is 2.51. The van der Waals surface area contributed by atoms with Crippen molar-refractivity contribution >= 4 is 6.21 Å². The summed E-state index contributed by atoms with van der Waals surface area (Å²) in [5.74, 6) is 0. The Morgan fingerprint density at radius 3 is 2.21 bits per heavy atom. The van der Waals surface area contributed by atoms with E-state index in [-0.39, 0.29) is 5.54 Å². The molecule has 2 heterocycles. The lowest BCUT2D eigenvalue weighted by Crippen LogP contribution is -2.10. The summed E-state index contributed by atoms with van der Waals surface area (Å²) < 4.78 is 0. The average molecular weight is 253 g/mol. The molecule has 0 aromatic carbocycles. The van der Waals surface area contributed by atoms with Crippen molar-refractivity contribution in [1.82, 2.24) is 9.97 Å². The zero-order chi connectivity index (χ0) is 13.9. The maximum absolute atomic E-state index is 4.58. The van der Waals surface area contributed by atoms with Gasteiger partial charge < -0.3 is 0 Å². The van der Waals surface area contributed by atoms with Gasteiger partial charge in [-0.3, -0.25) is 9.98 Å². The minimum atomic E-state index is -0.0841. The molecule has 0 unspecified atom stereocenters. The Kier molecular flexibility index (Phi) is 3.74. The third kappa shape index (κ3) is 3.98. The van der Waals surface area contributed by atoms with Crippen LogP contribution in [0.5, 0.6) is 0 Å². The van der Waals surface area contributed by atoms with Crippen molar-refractivity contribution in [3.63, 3.8) is 0 Å². The van der Waals surface area contributed by atoms with Gasteiger partial charge in [-0.05, 0) is 52.0 Å². The summed E-state index contributed by atoms with van der Waals surface area (Å²) in [6.07, 6.45) is 1.82. The minimum absolute atomic E-state index is 0.0841. The van der Waals surface area contributed by atoms with Gasteiger partial charge in [0.2, 0.25) is 0 Å². The third-order valence-electron chi connectivity index (χ3n) is 2.51. The molecule has 19 heavy (non-hydrogen) atoms. The maximum Gasteiger partial charge on any atom is 0.0894 e. The highest BCUT2D eigenvalue weighted by molar-refractivity contribution is 5.78. The summed E-state index contributed by atoms with van der Waals surface area (Å²) in [5.41, 5.74) is 3.54. The van der Waals surface area contributed by atoms with Gasteiger partial charge in [-0.25, -0.2) is 4.98 Å². The van der Waals surface area contributed by atoms with Crippen LogP contribution in [-0.2, 0) is 0 Å². The molecule has 2 rings (SSSR count). The monoisotopic (exact) mass is 253 g/mol. The first kappa shape index (κ1) is 13.4. The fourth-order valence-electron chi connectivity index (χ4n) is 1.61. The summed E-state index contributed by atoms with van der Waals surface area (Å²) in [7, 11) is 0. The second-order valence-corrected chi connectivity index (χ2v) is 5.54. The zero-order valence-corrected chi connectivity index (χ0v) is 11.9. The number of nitrogens with zero attached hydrogens (tertiary/aromatic N) is 3. The van der Waals surface area contributed by atoms with Crippen molar-refractivity contribution in [1.29, 1.82) is 0 Å². The molecule has 0 aliphatic carbocycles. The van der Waals surface area contributed by atoms with Crippen molar-refractivity contribution in [2.75, 3.05) is 0 Å². The fourth-order valence-corrected chi connectivity index (χ4v) is 1.61. The Balaban J connectivity index is 2.32. The van der Waals surface area contributed by atoms with E-state index in [0.717, 1.165) is 22.8 Å². The largest absolute Gasteiger partial charge is 0.285 e. The zero-order valence-electron chi connectivity index (χ0n) is 11.9. The molecule has 0 saturated carbocycles. The van der Waals surface area contributed by atoms with Crippen LogP contribution in [0.25, 0.3) is 11.4 Å². The van der Waals surface area contributed by atoms with E-state index >= 15 is 0 Å². The van der Waals surface area contributed by atoms with Gasteiger partial charge in [0.25, 0.3) is 0 Å². The summed E-state index contributed by atoms with van der Waals surface area (Å²) in [5, 5.41) is 0. The van der Waals surface area contributed by atoms with Crippen LogP contribution < -0.4 is 0 Å². The maximum atomic E-state index is 4.58. The van der Waals surface area contributed by atoms with E-state index in [1.807, 2.05) is 49.5 Å². The van der Waals surface area contributed by atoms with E-state index in [1.54, 1.807) is 0 Å². The van der Waals surface area contributed by atoms with E-state index in [9.17, 15) is 0 Å². The highest BCUT2D eigenvalue weighted by Crippen LogP contribution is 2.15. The predicted molar refractivity (Wildman–Crippen MR) is 79.6 cm³/mol. The standard InChI is InChI=1S/C16H19N3/c1-12-7-5-9-14(18-12)15-10-6-8-13(19-15)11-17-16(2,3)4/h5-11H,1-4H3. The van der Waals surface area contributed by atoms with E-state index in [0.29, 0.717) is 0 Å². The lowest BCUT2D eigenvalue weighted by molar-refractivity contribution is 0.586. The number of hydrogen-bond donors (Lipinski definition) is 0. The van der Waals surface area contributed by atoms with E-state index in [4.69, 9.17) is 0 Å². The number of pyridine rings is 2. The molecule has 0 atom stereocenters. The lowest BCUT2D eigenvalue weighted by atomic mass is 10.1. The van der Waals surface area contributed by atoms with Crippen LogP contribution in [-0.4, -0.2) is 21.7 Å². The molecule has 0 amide bonds. The van der Waals surface area contributed by atoms with Gasteiger partial charge >= 0.3 is 0 Å². The molecule has 3 heteroatoms. The van der Waals surface area contributed by atoms with Crippen LogP contribution >= 0.6 is 0 Å². The minimum Gasteiger partial charge on any atom is -0.285 e. The molecule has 0 radical (unpaired) electrons. The summed E-state index contributed by atoms with van der Waals surface area (Å²) in [6, 6.07) is 11.9. The molecular weight excluding hydrogens is 234 g/mol. The Bertz CT molecular complexity index is 595. The summed E-state index contributed by atoms with van der Waals surface area (Å²) >= 11 is 0. The first-order valence-corrected chi connectivity index (χ1v) is 6.40. The average Bonchev–Trinajstić information content (AvgIpc) is 2.36. The van der Waals surface area contributed by atoms with Crippen LogP contribution in [0.1, 0.15) is 32.2 Å².